The van der Waals surface area contributed by atoms with Crippen molar-refractivity contribution in [3.05, 3.63) is 47.1 Å². The van der Waals surface area contributed by atoms with Crippen molar-refractivity contribution >= 4 is 45.3 Å². The summed E-state index contributed by atoms with van der Waals surface area (Å²) < 4.78 is 1.55. The van der Waals surface area contributed by atoms with Crippen molar-refractivity contribution in [1.82, 2.24) is 15.2 Å². The molecule has 0 atom stereocenters. The smallest absolute Gasteiger partial charge is 0.256 e. The number of thiazole rings is 1. The van der Waals surface area contributed by atoms with E-state index in [1.807, 2.05) is 18.2 Å². The molecule has 118 valence electrons. The Morgan fingerprint density at radius 1 is 1.17 bits per heavy atom. The lowest BCUT2D eigenvalue weighted by molar-refractivity contribution is 0.102. The fourth-order valence-electron chi connectivity index (χ4n) is 1.69. The van der Waals surface area contributed by atoms with E-state index < -0.39 is 0 Å². The number of aliphatic hydroxyl groups excluding tert-OH is 1. The highest BCUT2D eigenvalue weighted by molar-refractivity contribution is 8.02. The summed E-state index contributed by atoms with van der Waals surface area (Å²) in [7, 11) is 0. The lowest BCUT2D eigenvalue weighted by Crippen LogP contribution is -2.10. The van der Waals surface area contributed by atoms with Crippen molar-refractivity contribution in [1.29, 1.82) is 0 Å². The Bertz CT molecular complexity index is 788. The van der Waals surface area contributed by atoms with Gasteiger partial charge in [-0.1, -0.05) is 40.9 Å². The first kappa shape index (κ1) is 16.1. The monoisotopic (exact) mass is 364 g/mol. The second kappa shape index (κ2) is 7.64. The molecule has 3 rings (SSSR count). The fourth-order valence-corrected chi connectivity index (χ4v) is 4.65. The molecule has 1 amide bonds. The summed E-state index contributed by atoms with van der Waals surface area (Å²) in [6, 6.07) is 9.03. The van der Waals surface area contributed by atoms with Gasteiger partial charge in [0, 0.05) is 18.6 Å². The summed E-state index contributed by atoms with van der Waals surface area (Å²) in [4.78, 5) is 16.3. The maximum absolute atomic E-state index is 12.1. The molecule has 0 aliphatic rings. The van der Waals surface area contributed by atoms with E-state index in [1.165, 1.54) is 34.4 Å². The van der Waals surface area contributed by atoms with E-state index in [2.05, 4.69) is 20.5 Å². The summed E-state index contributed by atoms with van der Waals surface area (Å²) in [6.45, 7) is 0.0617. The first-order chi connectivity index (χ1) is 11.2. The van der Waals surface area contributed by atoms with Crippen LogP contribution < -0.4 is 5.32 Å². The lowest BCUT2D eigenvalue weighted by atomic mass is 10.2. The van der Waals surface area contributed by atoms with Gasteiger partial charge in [-0.2, -0.15) is 0 Å². The number of anilines is 1. The molecule has 6 nitrogen and oxygen atoms in total. The zero-order valence-corrected chi connectivity index (χ0v) is 14.2. The SMILES string of the molecule is O=C(Nc1cnc(Sc2nnc(CCO)s2)s1)c1ccccc1. The molecular weight excluding hydrogens is 352 g/mol. The van der Waals surface area contributed by atoms with Crippen LogP contribution in [0.5, 0.6) is 0 Å². The normalized spacial score (nSPS) is 10.7. The van der Waals surface area contributed by atoms with Crippen LogP contribution in [0, 0.1) is 0 Å². The van der Waals surface area contributed by atoms with E-state index in [1.54, 1.807) is 18.3 Å². The number of aromatic nitrogens is 3. The Morgan fingerprint density at radius 2 is 2.00 bits per heavy atom. The van der Waals surface area contributed by atoms with Crippen molar-refractivity contribution in [2.24, 2.45) is 0 Å². The number of hydrogen-bond acceptors (Lipinski definition) is 8. The van der Waals surface area contributed by atoms with Crippen LogP contribution in [0.1, 0.15) is 15.4 Å². The third-order valence-electron chi connectivity index (χ3n) is 2.71. The van der Waals surface area contributed by atoms with Crippen molar-refractivity contribution < 1.29 is 9.90 Å². The number of nitrogens with one attached hydrogen (secondary N) is 1. The molecule has 2 N–H and O–H groups in total. The van der Waals surface area contributed by atoms with Crippen LogP contribution in [0.25, 0.3) is 0 Å². The quantitative estimate of drug-likeness (QED) is 0.699. The van der Waals surface area contributed by atoms with Crippen LogP contribution in [0.15, 0.2) is 45.2 Å². The van der Waals surface area contributed by atoms with Gasteiger partial charge in [-0.05, 0) is 23.9 Å². The lowest BCUT2D eigenvalue weighted by Gasteiger charge is -2.00. The number of benzene rings is 1. The molecule has 1 aromatic carbocycles. The van der Waals surface area contributed by atoms with Gasteiger partial charge in [-0.3, -0.25) is 4.79 Å². The van der Waals surface area contributed by atoms with Crippen molar-refractivity contribution in [2.75, 3.05) is 11.9 Å². The first-order valence-electron chi connectivity index (χ1n) is 6.68. The van der Waals surface area contributed by atoms with E-state index in [9.17, 15) is 4.79 Å². The van der Waals surface area contributed by atoms with Crippen molar-refractivity contribution in [3.63, 3.8) is 0 Å². The molecule has 2 aromatic heterocycles. The van der Waals surface area contributed by atoms with Gasteiger partial charge >= 0.3 is 0 Å². The topological polar surface area (TPSA) is 88.0 Å². The minimum atomic E-state index is -0.160. The van der Waals surface area contributed by atoms with Gasteiger partial charge in [-0.25, -0.2) is 4.98 Å². The number of hydrogen-bond donors (Lipinski definition) is 2. The molecular formula is C14H12N4O2S3. The molecule has 0 saturated heterocycles. The van der Waals surface area contributed by atoms with E-state index in [-0.39, 0.29) is 12.5 Å². The summed E-state index contributed by atoms with van der Waals surface area (Å²) in [6.07, 6.45) is 2.14. The largest absolute Gasteiger partial charge is 0.396 e. The van der Waals surface area contributed by atoms with Gasteiger partial charge in [0.15, 0.2) is 8.68 Å². The maximum atomic E-state index is 12.1. The zero-order valence-electron chi connectivity index (χ0n) is 11.8. The summed E-state index contributed by atoms with van der Waals surface area (Å²) in [5.41, 5.74) is 0.605. The van der Waals surface area contributed by atoms with Gasteiger partial charge in [0.2, 0.25) is 0 Å². The van der Waals surface area contributed by atoms with Gasteiger partial charge in [-0.15, -0.1) is 10.2 Å². The maximum Gasteiger partial charge on any atom is 0.256 e. The molecule has 23 heavy (non-hydrogen) atoms. The minimum absolute atomic E-state index is 0.0617. The average molecular weight is 364 g/mol. The van der Waals surface area contributed by atoms with E-state index in [4.69, 9.17) is 5.11 Å². The van der Waals surface area contributed by atoms with Crippen LogP contribution in [-0.4, -0.2) is 32.8 Å². The van der Waals surface area contributed by atoms with Crippen molar-refractivity contribution in [3.8, 4) is 0 Å². The Balaban J connectivity index is 1.62. The number of carbonyl (C=O) groups excluding carboxylic acids is 1. The molecule has 0 aliphatic heterocycles. The minimum Gasteiger partial charge on any atom is -0.396 e. The molecule has 3 aromatic rings. The van der Waals surface area contributed by atoms with Crippen LogP contribution in [0.4, 0.5) is 5.00 Å². The predicted octanol–water partition coefficient (Wildman–Crippen LogP) is 2.93. The van der Waals surface area contributed by atoms with Gasteiger partial charge in [0.1, 0.15) is 10.0 Å². The number of nitrogens with zero attached hydrogens (tertiary/aromatic N) is 3. The third kappa shape index (κ3) is 4.35. The molecule has 0 unspecified atom stereocenters. The highest BCUT2D eigenvalue weighted by atomic mass is 32.2. The second-order valence-corrected chi connectivity index (χ2v) is 7.94. The third-order valence-corrected chi connectivity index (χ3v) is 5.73. The molecule has 0 radical (unpaired) electrons. The van der Waals surface area contributed by atoms with E-state index in [0.29, 0.717) is 17.0 Å². The Morgan fingerprint density at radius 3 is 2.78 bits per heavy atom. The molecule has 9 heteroatoms. The number of carbonyl (C=O) groups is 1. The van der Waals surface area contributed by atoms with Crippen LogP contribution >= 0.6 is 34.4 Å². The molecule has 0 fully saturated rings. The Hall–Kier alpha value is -1.81. The van der Waals surface area contributed by atoms with Crippen LogP contribution in [0.2, 0.25) is 0 Å². The molecule has 2 heterocycles. The van der Waals surface area contributed by atoms with E-state index >= 15 is 0 Å². The fraction of sp³-hybridized carbons (Fsp3) is 0.143. The van der Waals surface area contributed by atoms with Gasteiger partial charge in [0.05, 0.1) is 6.20 Å². The summed E-state index contributed by atoms with van der Waals surface area (Å²) >= 11 is 4.21. The first-order valence-corrected chi connectivity index (χ1v) is 9.13. The summed E-state index contributed by atoms with van der Waals surface area (Å²) in [5.74, 6) is -0.160. The highest BCUT2D eigenvalue weighted by Crippen LogP contribution is 2.34. The molecule has 0 spiro atoms. The zero-order chi connectivity index (χ0) is 16.1. The molecule has 0 aliphatic carbocycles. The number of aliphatic hydroxyl groups is 1. The Labute approximate surface area is 144 Å². The molecule has 0 saturated carbocycles. The number of rotatable bonds is 6. The predicted molar refractivity (Wildman–Crippen MR) is 91.3 cm³/mol. The van der Waals surface area contributed by atoms with E-state index in [0.717, 1.165) is 13.7 Å². The van der Waals surface area contributed by atoms with Crippen molar-refractivity contribution in [2.45, 2.75) is 15.1 Å². The van der Waals surface area contributed by atoms with Crippen LogP contribution in [0.3, 0.4) is 0 Å². The standard InChI is InChI=1S/C14H12N4O2S3/c19-7-6-10-17-18-14(21-10)23-13-15-8-11(22-13)16-12(20)9-4-2-1-3-5-9/h1-5,8,19H,6-7H2,(H,16,20). The van der Waals surface area contributed by atoms with Gasteiger partial charge < -0.3 is 10.4 Å². The highest BCUT2D eigenvalue weighted by Gasteiger charge is 2.11. The molecule has 0 bridgehead atoms. The summed E-state index contributed by atoms with van der Waals surface area (Å²) in [5, 5.41) is 21.2. The van der Waals surface area contributed by atoms with Gasteiger partial charge in [0.25, 0.3) is 5.91 Å². The Kier molecular flexibility index (Phi) is 5.34. The average Bonchev–Trinajstić information content (AvgIpc) is 3.19. The number of amides is 1. The van der Waals surface area contributed by atoms with Crippen LogP contribution in [-0.2, 0) is 6.42 Å². The second-order valence-electron chi connectivity index (χ2n) is 4.35.